The highest BCUT2D eigenvalue weighted by Crippen LogP contribution is 2.39. The van der Waals surface area contributed by atoms with Gasteiger partial charge in [0.05, 0.1) is 18.5 Å². The van der Waals surface area contributed by atoms with Crippen LogP contribution >= 0.6 is 0 Å². The predicted molar refractivity (Wildman–Crippen MR) is 62.1 cm³/mol. The zero-order chi connectivity index (χ0) is 11.8. The fourth-order valence-corrected chi connectivity index (χ4v) is 1.81. The summed E-state index contributed by atoms with van der Waals surface area (Å²) in [6.07, 6.45) is 2.30. The van der Waals surface area contributed by atoms with Crippen LogP contribution in [0.15, 0.2) is 18.2 Å². The number of hydrogen-bond donors (Lipinski definition) is 1. The Labute approximate surface area is 98.4 Å². The Kier molecular flexibility index (Phi) is 2.21. The molecule has 0 spiro atoms. The van der Waals surface area contributed by atoms with Crippen molar-refractivity contribution >= 4 is 5.69 Å². The number of nitrogens with zero attached hydrogens (tertiary/aromatic N) is 4. The van der Waals surface area contributed by atoms with Gasteiger partial charge in [-0.1, -0.05) is 0 Å². The van der Waals surface area contributed by atoms with E-state index < -0.39 is 0 Å². The molecule has 1 fully saturated rings. The number of nitrogens with two attached hydrogens (primary N) is 1. The fourth-order valence-electron chi connectivity index (χ4n) is 1.81. The predicted octanol–water partition coefficient (Wildman–Crippen LogP) is 1.13. The molecule has 1 heterocycles. The van der Waals surface area contributed by atoms with E-state index in [1.165, 1.54) is 0 Å². The molecular formula is C11H13N5O. The van der Waals surface area contributed by atoms with Gasteiger partial charge in [0.15, 0.2) is 5.82 Å². The van der Waals surface area contributed by atoms with Gasteiger partial charge in [-0.05, 0) is 35.4 Å². The molecule has 2 aromatic rings. The normalized spacial score (nSPS) is 14.9. The van der Waals surface area contributed by atoms with Gasteiger partial charge in [0.1, 0.15) is 5.75 Å². The largest absolute Gasteiger partial charge is 0.497 e. The summed E-state index contributed by atoms with van der Waals surface area (Å²) in [6, 6.07) is 5.49. The van der Waals surface area contributed by atoms with Crippen molar-refractivity contribution in [3.05, 3.63) is 24.0 Å². The molecule has 1 aliphatic carbocycles. The van der Waals surface area contributed by atoms with Crippen LogP contribution in [-0.4, -0.2) is 27.3 Å². The topological polar surface area (TPSA) is 78.8 Å². The molecule has 1 aliphatic rings. The van der Waals surface area contributed by atoms with Crippen LogP contribution in [0.4, 0.5) is 5.69 Å². The Balaban J connectivity index is 2.05. The number of benzene rings is 1. The Morgan fingerprint density at radius 2 is 2.24 bits per heavy atom. The van der Waals surface area contributed by atoms with Gasteiger partial charge in [0.2, 0.25) is 0 Å². The highest BCUT2D eigenvalue weighted by atomic mass is 16.5. The van der Waals surface area contributed by atoms with Gasteiger partial charge in [-0.3, -0.25) is 0 Å². The van der Waals surface area contributed by atoms with E-state index in [0.29, 0.717) is 11.6 Å². The van der Waals surface area contributed by atoms with Crippen LogP contribution in [0.3, 0.4) is 0 Å². The molecule has 3 rings (SSSR count). The van der Waals surface area contributed by atoms with Gasteiger partial charge in [-0.25, -0.2) is 0 Å². The second kappa shape index (κ2) is 3.73. The summed E-state index contributed by atoms with van der Waals surface area (Å²) < 4.78 is 6.83. The van der Waals surface area contributed by atoms with Crippen molar-refractivity contribution in [3.8, 4) is 11.4 Å². The lowest BCUT2D eigenvalue weighted by Crippen LogP contribution is -2.05. The van der Waals surface area contributed by atoms with Crippen LogP contribution in [0, 0.1) is 0 Å². The Hall–Kier alpha value is -2.11. The van der Waals surface area contributed by atoms with Gasteiger partial charge in [0, 0.05) is 12.0 Å². The van der Waals surface area contributed by atoms with E-state index in [4.69, 9.17) is 10.5 Å². The molecular weight excluding hydrogens is 218 g/mol. The first kappa shape index (κ1) is 10.1. The molecule has 0 aliphatic heterocycles. The SMILES string of the molecule is COc1ccc(-n2nnnc2C2CC2)c(N)c1. The summed E-state index contributed by atoms with van der Waals surface area (Å²) in [5.74, 6) is 2.10. The average molecular weight is 231 g/mol. The molecule has 0 amide bonds. The molecule has 0 bridgehead atoms. The Bertz CT molecular complexity index is 547. The van der Waals surface area contributed by atoms with Crippen LogP contribution in [0.2, 0.25) is 0 Å². The summed E-state index contributed by atoms with van der Waals surface area (Å²) >= 11 is 0. The van der Waals surface area contributed by atoms with E-state index in [1.807, 2.05) is 12.1 Å². The number of hydrogen-bond acceptors (Lipinski definition) is 5. The third-order valence-electron chi connectivity index (χ3n) is 2.90. The second-order valence-electron chi connectivity index (χ2n) is 4.15. The molecule has 6 nitrogen and oxygen atoms in total. The molecule has 0 radical (unpaired) electrons. The molecule has 88 valence electrons. The second-order valence-corrected chi connectivity index (χ2v) is 4.15. The van der Waals surface area contributed by atoms with Crippen LogP contribution in [0.1, 0.15) is 24.6 Å². The minimum Gasteiger partial charge on any atom is -0.497 e. The molecule has 6 heteroatoms. The van der Waals surface area contributed by atoms with Gasteiger partial charge >= 0.3 is 0 Å². The third-order valence-corrected chi connectivity index (χ3v) is 2.90. The Morgan fingerprint density at radius 1 is 1.41 bits per heavy atom. The average Bonchev–Trinajstić information content (AvgIpc) is 3.08. The summed E-state index contributed by atoms with van der Waals surface area (Å²) in [7, 11) is 1.61. The van der Waals surface area contributed by atoms with Crippen LogP contribution in [0.5, 0.6) is 5.75 Å². The number of methoxy groups -OCH3 is 1. The number of rotatable bonds is 3. The first-order chi connectivity index (χ1) is 8.29. The number of aromatic nitrogens is 4. The van der Waals surface area contributed by atoms with E-state index in [0.717, 1.165) is 30.1 Å². The molecule has 1 aromatic carbocycles. The first-order valence-corrected chi connectivity index (χ1v) is 5.52. The van der Waals surface area contributed by atoms with Gasteiger partial charge in [-0.2, -0.15) is 4.68 Å². The minimum atomic E-state index is 0.478. The lowest BCUT2D eigenvalue weighted by Gasteiger charge is -2.08. The quantitative estimate of drug-likeness (QED) is 0.801. The van der Waals surface area contributed by atoms with Crippen molar-refractivity contribution < 1.29 is 4.74 Å². The molecule has 0 unspecified atom stereocenters. The van der Waals surface area contributed by atoms with Crippen molar-refractivity contribution in [3.63, 3.8) is 0 Å². The van der Waals surface area contributed by atoms with E-state index in [1.54, 1.807) is 17.9 Å². The summed E-state index contributed by atoms with van der Waals surface area (Å²) in [6.45, 7) is 0. The number of tetrazole rings is 1. The first-order valence-electron chi connectivity index (χ1n) is 5.52. The van der Waals surface area contributed by atoms with Crippen LogP contribution in [0.25, 0.3) is 5.69 Å². The highest BCUT2D eigenvalue weighted by Gasteiger charge is 2.30. The van der Waals surface area contributed by atoms with E-state index in [9.17, 15) is 0 Å². The van der Waals surface area contributed by atoms with E-state index in [2.05, 4.69) is 15.5 Å². The Morgan fingerprint density at radius 3 is 2.88 bits per heavy atom. The lowest BCUT2D eigenvalue weighted by atomic mass is 10.2. The van der Waals surface area contributed by atoms with Crippen molar-refractivity contribution in [1.29, 1.82) is 0 Å². The summed E-state index contributed by atoms with van der Waals surface area (Å²) in [5.41, 5.74) is 7.39. The van der Waals surface area contributed by atoms with Crippen molar-refractivity contribution in [1.82, 2.24) is 20.2 Å². The van der Waals surface area contributed by atoms with Gasteiger partial charge in [-0.15, -0.1) is 5.10 Å². The van der Waals surface area contributed by atoms with Gasteiger partial charge in [0.25, 0.3) is 0 Å². The zero-order valence-electron chi connectivity index (χ0n) is 9.50. The molecule has 17 heavy (non-hydrogen) atoms. The number of nitrogen functional groups attached to an aromatic ring is 1. The van der Waals surface area contributed by atoms with Crippen molar-refractivity contribution in [2.45, 2.75) is 18.8 Å². The van der Waals surface area contributed by atoms with Gasteiger partial charge < -0.3 is 10.5 Å². The van der Waals surface area contributed by atoms with Crippen molar-refractivity contribution in [2.24, 2.45) is 0 Å². The molecule has 1 saturated carbocycles. The fraction of sp³-hybridized carbons (Fsp3) is 0.364. The lowest BCUT2D eigenvalue weighted by molar-refractivity contribution is 0.415. The maximum Gasteiger partial charge on any atom is 0.159 e. The van der Waals surface area contributed by atoms with Crippen LogP contribution in [-0.2, 0) is 0 Å². The maximum absolute atomic E-state index is 5.98. The summed E-state index contributed by atoms with van der Waals surface area (Å²) in [4.78, 5) is 0. The highest BCUT2D eigenvalue weighted by molar-refractivity contribution is 5.60. The summed E-state index contributed by atoms with van der Waals surface area (Å²) in [5, 5.41) is 11.8. The van der Waals surface area contributed by atoms with Crippen molar-refractivity contribution in [2.75, 3.05) is 12.8 Å². The van der Waals surface area contributed by atoms with E-state index >= 15 is 0 Å². The molecule has 1 aromatic heterocycles. The third kappa shape index (κ3) is 1.71. The maximum atomic E-state index is 5.98. The molecule has 0 atom stereocenters. The zero-order valence-corrected chi connectivity index (χ0v) is 9.50. The monoisotopic (exact) mass is 231 g/mol. The standard InChI is InChI=1S/C11H13N5O/c1-17-8-4-5-10(9(12)6-8)16-11(7-2-3-7)13-14-15-16/h4-7H,2-3,12H2,1H3. The van der Waals surface area contributed by atoms with Crippen LogP contribution < -0.4 is 10.5 Å². The van der Waals surface area contributed by atoms with E-state index in [-0.39, 0.29) is 0 Å². The molecule has 2 N–H and O–H groups in total. The number of ether oxygens (including phenoxy) is 1. The number of anilines is 1. The smallest absolute Gasteiger partial charge is 0.159 e. The minimum absolute atomic E-state index is 0.478. The molecule has 0 saturated heterocycles.